The monoisotopic (exact) mass is 262 g/mol. The number of nitrogens with zero attached hydrogens (tertiary/aromatic N) is 1. The minimum absolute atomic E-state index is 0.153. The molecule has 0 heterocycles. The molecule has 0 saturated heterocycles. The second kappa shape index (κ2) is 6.71. The average Bonchev–Trinajstić information content (AvgIpc) is 2.37. The van der Waals surface area contributed by atoms with E-state index in [1.54, 1.807) is 0 Å². The molecule has 0 bridgehead atoms. The van der Waals surface area contributed by atoms with Crippen LogP contribution in [0.2, 0.25) is 0 Å². The van der Waals surface area contributed by atoms with Gasteiger partial charge in [-0.05, 0) is 45.4 Å². The summed E-state index contributed by atoms with van der Waals surface area (Å²) in [6.07, 6.45) is 0. The van der Waals surface area contributed by atoms with E-state index < -0.39 is 5.54 Å². The lowest BCUT2D eigenvalue weighted by Gasteiger charge is -2.32. The van der Waals surface area contributed by atoms with Crippen molar-refractivity contribution in [3.8, 4) is 0 Å². The number of aryl methyl sites for hydroxylation is 1. The van der Waals surface area contributed by atoms with E-state index in [0.29, 0.717) is 6.54 Å². The molecular formula is C16H26N2O. The van der Waals surface area contributed by atoms with Crippen LogP contribution in [-0.4, -0.2) is 29.4 Å². The van der Waals surface area contributed by atoms with Crippen molar-refractivity contribution in [2.75, 3.05) is 13.1 Å². The third-order valence-electron chi connectivity index (χ3n) is 3.44. The molecule has 0 aliphatic heterocycles. The summed E-state index contributed by atoms with van der Waals surface area (Å²) >= 11 is 0. The highest BCUT2D eigenvalue weighted by Crippen LogP contribution is 2.14. The van der Waals surface area contributed by atoms with Crippen molar-refractivity contribution >= 4 is 5.91 Å². The third kappa shape index (κ3) is 4.06. The molecule has 3 nitrogen and oxygen atoms in total. The Balaban J connectivity index is 2.84. The number of hydrogen-bond acceptors (Lipinski definition) is 2. The second-order valence-electron chi connectivity index (χ2n) is 5.40. The lowest BCUT2D eigenvalue weighted by atomic mass is 10.0. The van der Waals surface area contributed by atoms with Crippen molar-refractivity contribution in [2.24, 2.45) is 0 Å². The Bertz CT molecular complexity index is 427. The molecule has 0 unspecified atom stereocenters. The van der Waals surface area contributed by atoms with Crippen LogP contribution in [0.25, 0.3) is 0 Å². The minimum atomic E-state index is -0.507. The van der Waals surface area contributed by atoms with E-state index in [0.717, 1.165) is 13.1 Å². The zero-order valence-electron chi connectivity index (χ0n) is 12.8. The lowest BCUT2D eigenvalue weighted by molar-refractivity contribution is -0.137. The van der Waals surface area contributed by atoms with Gasteiger partial charge in [-0.25, -0.2) is 0 Å². The summed E-state index contributed by atoms with van der Waals surface area (Å²) in [6, 6.07) is 8.23. The van der Waals surface area contributed by atoms with E-state index in [-0.39, 0.29) is 5.91 Å². The zero-order chi connectivity index (χ0) is 14.5. The molecule has 19 heavy (non-hydrogen) atoms. The zero-order valence-corrected chi connectivity index (χ0v) is 12.8. The van der Waals surface area contributed by atoms with E-state index in [4.69, 9.17) is 0 Å². The van der Waals surface area contributed by atoms with Crippen molar-refractivity contribution in [1.82, 2.24) is 10.2 Å². The molecule has 0 fully saturated rings. The van der Waals surface area contributed by atoms with Crippen LogP contribution in [0.15, 0.2) is 24.3 Å². The van der Waals surface area contributed by atoms with E-state index >= 15 is 0 Å². The molecule has 1 amide bonds. The van der Waals surface area contributed by atoms with Gasteiger partial charge in [-0.3, -0.25) is 4.79 Å². The summed E-state index contributed by atoms with van der Waals surface area (Å²) in [5, 5.41) is 3.25. The van der Waals surface area contributed by atoms with Crippen molar-refractivity contribution in [3.63, 3.8) is 0 Å². The Hall–Kier alpha value is -1.35. The molecule has 1 N–H and O–H groups in total. The van der Waals surface area contributed by atoms with E-state index in [9.17, 15) is 4.79 Å². The summed E-state index contributed by atoms with van der Waals surface area (Å²) in [7, 11) is 0. The number of likely N-dealkylation sites (N-methyl/N-ethyl adjacent to an activating group) is 2. The number of hydrogen-bond donors (Lipinski definition) is 1. The van der Waals surface area contributed by atoms with Crippen LogP contribution >= 0.6 is 0 Å². The van der Waals surface area contributed by atoms with Gasteiger partial charge in [0, 0.05) is 13.1 Å². The summed E-state index contributed by atoms with van der Waals surface area (Å²) in [6.45, 7) is 12.2. The smallest absolute Gasteiger partial charge is 0.242 e. The number of carbonyl (C=O) groups excluding carboxylic acids is 1. The van der Waals surface area contributed by atoms with Gasteiger partial charge < -0.3 is 10.2 Å². The summed E-state index contributed by atoms with van der Waals surface area (Å²) in [5.74, 6) is 0.153. The maximum Gasteiger partial charge on any atom is 0.242 e. The first-order chi connectivity index (χ1) is 8.92. The summed E-state index contributed by atoms with van der Waals surface area (Å²) in [5.41, 5.74) is 1.94. The molecule has 1 aromatic carbocycles. The summed E-state index contributed by atoms with van der Waals surface area (Å²) in [4.78, 5) is 14.5. The molecule has 3 heteroatoms. The van der Waals surface area contributed by atoms with Crippen molar-refractivity contribution in [2.45, 2.75) is 46.7 Å². The molecule has 106 valence electrons. The molecule has 1 aromatic rings. The number of carbonyl (C=O) groups is 1. The standard InChI is InChI=1S/C16H26N2O/c1-6-17-16(4,5)15(19)18(7-2)12-14-11-9-8-10-13(14)3/h8-11,17H,6-7,12H2,1-5H3. The Morgan fingerprint density at radius 2 is 1.89 bits per heavy atom. The predicted octanol–water partition coefficient (Wildman–Crippen LogP) is 2.73. The quantitative estimate of drug-likeness (QED) is 0.855. The van der Waals surface area contributed by atoms with Crippen molar-refractivity contribution in [3.05, 3.63) is 35.4 Å². The van der Waals surface area contributed by atoms with Gasteiger partial charge in [0.2, 0.25) is 5.91 Å². The van der Waals surface area contributed by atoms with Crippen LogP contribution < -0.4 is 5.32 Å². The molecule has 0 radical (unpaired) electrons. The number of benzene rings is 1. The number of amides is 1. The van der Waals surface area contributed by atoms with Crippen LogP contribution in [0, 0.1) is 6.92 Å². The SMILES string of the molecule is CCNC(C)(C)C(=O)N(CC)Cc1ccccc1C. The maximum absolute atomic E-state index is 12.6. The van der Waals surface area contributed by atoms with E-state index in [1.807, 2.05) is 44.7 Å². The van der Waals surface area contributed by atoms with Crippen LogP contribution in [-0.2, 0) is 11.3 Å². The predicted molar refractivity (Wildman–Crippen MR) is 80.0 cm³/mol. The normalized spacial score (nSPS) is 11.4. The van der Waals surface area contributed by atoms with Gasteiger partial charge in [-0.1, -0.05) is 31.2 Å². The minimum Gasteiger partial charge on any atom is -0.337 e. The Labute approximate surface area is 117 Å². The Kier molecular flexibility index (Phi) is 5.55. The first-order valence-electron chi connectivity index (χ1n) is 7.01. The van der Waals surface area contributed by atoms with Crippen LogP contribution in [0.3, 0.4) is 0 Å². The molecule has 0 aliphatic rings. The highest BCUT2D eigenvalue weighted by atomic mass is 16.2. The molecule has 0 atom stereocenters. The van der Waals surface area contributed by atoms with Crippen molar-refractivity contribution < 1.29 is 4.79 Å². The van der Waals surface area contributed by atoms with E-state index in [2.05, 4.69) is 24.4 Å². The average molecular weight is 262 g/mol. The van der Waals surface area contributed by atoms with Gasteiger partial charge in [0.15, 0.2) is 0 Å². The van der Waals surface area contributed by atoms with Gasteiger partial charge in [0.25, 0.3) is 0 Å². The van der Waals surface area contributed by atoms with Crippen LogP contribution in [0.1, 0.15) is 38.8 Å². The number of nitrogens with one attached hydrogen (secondary N) is 1. The fraction of sp³-hybridized carbons (Fsp3) is 0.562. The highest BCUT2D eigenvalue weighted by molar-refractivity contribution is 5.85. The Morgan fingerprint density at radius 1 is 1.26 bits per heavy atom. The van der Waals surface area contributed by atoms with Gasteiger partial charge in [0.1, 0.15) is 0 Å². The van der Waals surface area contributed by atoms with Gasteiger partial charge in [0.05, 0.1) is 5.54 Å². The fourth-order valence-electron chi connectivity index (χ4n) is 2.23. The fourth-order valence-corrected chi connectivity index (χ4v) is 2.23. The summed E-state index contributed by atoms with van der Waals surface area (Å²) < 4.78 is 0. The topological polar surface area (TPSA) is 32.3 Å². The molecule has 0 aliphatic carbocycles. The lowest BCUT2D eigenvalue weighted by Crippen LogP contribution is -2.53. The third-order valence-corrected chi connectivity index (χ3v) is 3.44. The maximum atomic E-state index is 12.6. The van der Waals surface area contributed by atoms with Gasteiger partial charge >= 0.3 is 0 Å². The van der Waals surface area contributed by atoms with Gasteiger partial charge in [-0.15, -0.1) is 0 Å². The largest absolute Gasteiger partial charge is 0.337 e. The molecule has 0 saturated carbocycles. The first kappa shape index (κ1) is 15.7. The first-order valence-corrected chi connectivity index (χ1v) is 7.01. The van der Waals surface area contributed by atoms with E-state index in [1.165, 1.54) is 11.1 Å². The molecule has 1 rings (SSSR count). The molecular weight excluding hydrogens is 236 g/mol. The van der Waals surface area contributed by atoms with Crippen LogP contribution in [0.4, 0.5) is 0 Å². The second-order valence-corrected chi connectivity index (χ2v) is 5.40. The van der Waals surface area contributed by atoms with Gasteiger partial charge in [-0.2, -0.15) is 0 Å². The van der Waals surface area contributed by atoms with Crippen LogP contribution in [0.5, 0.6) is 0 Å². The molecule has 0 aromatic heterocycles. The number of rotatable bonds is 6. The van der Waals surface area contributed by atoms with Crippen molar-refractivity contribution in [1.29, 1.82) is 0 Å². The highest BCUT2D eigenvalue weighted by Gasteiger charge is 2.30. The Morgan fingerprint density at radius 3 is 2.42 bits per heavy atom. The molecule has 0 spiro atoms.